The van der Waals surface area contributed by atoms with Gasteiger partial charge in [0.15, 0.2) is 0 Å². The fraction of sp³-hybridized carbons (Fsp3) is 0.611. The van der Waals surface area contributed by atoms with Gasteiger partial charge in [0, 0.05) is 52.5 Å². The molecule has 0 radical (unpaired) electrons. The second kappa shape index (κ2) is 11.3. The van der Waals surface area contributed by atoms with Gasteiger partial charge in [-0.2, -0.15) is 0 Å². The Hall–Kier alpha value is -2.35. The van der Waals surface area contributed by atoms with Gasteiger partial charge in [-0.15, -0.1) is 0 Å². The average molecular weight is 363 g/mol. The first-order chi connectivity index (χ1) is 12.7. The van der Waals surface area contributed by atoms with Gasteiger partial charge in [0.25, 0.3) is 0 Å². The van der Waals surface area contributed by atoms with Crippen LogP contribution in [-0.4, -0.2) is 56.8 Å². The van der Waals surface area contributed by atoms with Gasteiger partial charge in [-0.05, 0) is 37.0 Å². The molecule has 0 saturated carbocycles. The highest BCUT2D eigenvalue weighted by Crippen LogP contribution is 2.18. The molecular weight excluding hydrogens is 334 g/mol. The van der Waals surface area contributed by atoms with Crippen molar-refractivity contribution in [2.75, 3.05) is 44.8 Å². The highest BCUT2D eigenvalue weighted by Gasteiger charge is 2.12. The molecule has 0 bridgehead atoms. The number of carbonyl (C=O) groups excluding carboxylic acids is 2. The van der Waals surface area contributed by atoms with Crippen molar-refractivity contribution in [3.63, 3.8) is 0 Å². The summed E-state index contributed by atoms with van der Waals surface area (Å²) in [5.41, 5.74) is 1.01. The molecule has 8 heteroatoms. The van der Waals surface area contributed by atoms with Crippen LogP contribution in [-0.2, 0) is 16.1 Å². The Morgan fingerprint density at radius 3 is 2.73 bits per heavy atom. The largest absolute Gasteiger partial charge is 0.383 e. The minimum atomic E-state index is -0.286. The number of carbonyl (C=O) groups is 2. The zero-order valence-electron chi connectivity index (χ0n) is 15.4. The van der Waals surface area contributed by atoms with Crippen molar-refractivity contribution in [3.05, 3.63) is 23.9 Å². The summed E-state index contributed by atoms with van der Waals surface area (Å²) in [6, 6.07) is 3.64. The van der Waals surface area contributed by atoms with Gasteiger partial charge in [0.1, 0.15) is 5.82 Å². The maximum Gasteiger partial charge on any atom is 0.315 e. The second-order valence-electron chi connectivity index (χ2n) is 6.27. The highest BCUT2D eigenvalue weighted by molar-refractivity contribution is 5.78. The molecule has 0 spiro atoms. The molecule has 1 aliphatic rings. The van der Waals surface area contributed by atoms with Gasteiger partial charge in [0.05, 0.1) is 6.61 Å². The van der Waals surface area contributed by atoms with E-state index in [2.05, 4.69) is 25.8 Å². The zero-order chi connectivity index (χ0) is 18.6. The third-order valence-corrected chi connectivity index (χ3v) is 4.21. The van der Waals surface area contributed by atoms with Crippen molar-refractivity contribution < 1.29 is 14.3 Å². The molecule has 8 nitrogen and oxygen atoms in total. The lowest BCUT2D eigenvalue weighted by atomic mass is 10.1. The summed E-state index contributed by atoms with van der Waals surface area (Å²) in [6.07, 6.45) is 5.70. The predicted molar refractivity (Wildman–Crippen MR) is 100 cm³/mol. The number of piperidine rings is 1. The van der Waals surface area contributed by atoms with E-state index in [4.69, 9.17) is 4.74 Å². The lowest BCUT2D eigenvalue weighted by molar-refractivity contribution is -0.121. The summed E-state index contributed by atoms with van der Waals surface area (Å²) >= 11 is 0. The predicted octanol–water partition coefficient (Wildman–Crippen LogP) is 1.02. The van der Waals surface area contributed by atoms with Crippen LogP contribution in [0.1, 0.15) is 31.2 Å². The Balaban J connectivity index is 1.66. The summed E-state index contributed by atoms with van der Waals surface area (Å²) in [6.45, 7) is 3.75. The number of nitrogens with zero attached hydrogens (tertiary/aromatic N) is 2. The standard InChI is InChI=1S/C18H29N5O3/c1-26-12-9-20-17(24)6-8-21-18(25)22-14-15-5-7-19-16(13-15)23-10-3-2-4-11-23/h5,7,13H,2-4,6,8-12,14H2,1H3,(H,20,24)(H2,21,22,25). The van der Waals surface area contributed by atoms with Gasteiger partial charge in [-0.25, -0.2) is 9.78 Å². The molecule has 1 aliphatic heterocycles. The van der Waals surface area contributed by atoms with Crippen LogP contribution in [0.2, 0.25) is 0 Å². The molecular formula is C18H29N5O3. The molecule has 3 amide bonds. The first-order valence-corrected chi connectivity index (χ1v) is 9.16. The van der Waals surface area contributed by atoms with Crippen molar-refractivity contribution in [1.82, 2.24) is 20.9 Å². The van der Waals surface area contributed by atoms with Crippen LogP contribution < -0.4 is 20.9 Å². The van der Waals surface area contributed by atoms with Gasteiger partial charge in [-0.1, -0.05) is 0 Å². The number of hydrogen-bond acceptors (Lipinski definition) is 5. The molecule has 1 fully saturated rings. The number of amides is 3. The summed E-state index contributed by atoms with van der Waals surface area (Å²) in [5.74, 6) is 0.861. The molecule has 3 N–H and O–H groups in total. The van der Waals surface area contributed by atoms with Crippen LogP contribution in [0, 0.1) is 0 Å². The molecule has 26 heavy (non-hydrogen) atoms. The van der Waals surface area contributed by atoms with E-state index in [1.807, 2.05) is 12.1 Å². The Labute approximate surface area is 154 Å². The summed E-state index contributed by atoms with van der Waals surface area (Å²) in [4.78, 5) is 30.1. The van der Waals surface area contributed by atoms with Gasteiger partial charge in [0.2, 0.25) is 5.91 Å². The molecule has 0 unspecified atom stereocenters. The smallest absolute Gasteiger partial charge is 0.315 e. The highest BCUT2D eigenvalue weighted by atomic mass is 16.5. The number of anilines is 1. The zero-order valence-corrected chi connectivity index (χ0v) is 15.4. The first-order valence-electron chi connectivity index (χ1n) is 9.16. The van der Waals surface area contributed by atoms with Crippen LogP contribution >= 0.6 is 0 Å². The topological polar surface area (TPSA) is 95.6 Å². The van der Waals surface area contributed by atoms with Crippen molar-refractivity contribution in [2.45, 2.75) is 32.2 Å². The van der Waals surface area contributed by atoms with Crippen molar-refractivity contribution >= 4 is 17.8 Å². The summed E-state index contributed by atoms with van der Waals surface area (Å²) < 4.78 is 4.85. The van der Waals surface area contributed by atoms with Crippen molar-refractivity contribution in [1.29, 1.82) is 0 Å². The van der Waals surface area contributed by atoms with Gasteiger partial charge < -0.3 is 25.6 Å². The average Bonchev–Trinajstić information content (AvgIpc) is 2.67. The van der Waals surface area contributed by atoms with E-state index >= 15 is 0 Å². The Morgan fingerprint density at radius 1 is 1.15 bits per heavy atom. The number of ether oxygens (including phenoxy) is 1. The quantitative estimate of drug-likeness (QED) is 0.570. The minimum Gasteiger partial charge on any atom is -0.383 e. The molecule has 0 aliphatic carbocycles. The fourth-order valence-corrected chi connectivity index (χ4v) is 2.78. The lowest BCUT2D eigenvalue weighted by Gasteiger charge is -2.27. The third kappa shape index (κ3) is 7.26. The van der Waals surface area contributed by atoms with E-state index in [1.54, 1.807) is 13.3 Å². The summed E-state index contributed by atoms with van der Waals surface area (Å²) in [5, 5.41) is 8.20. The lowest BCUT2D eigenvalue weighted by Crippen LogP contribution is -2.38. The molecule has 2 heterocycles. The minimum absolute atomic E-state index is 0.109. The monoisotopic (exact) mass is 363 g/mol. The molecule has 1 aromatic heterocycles. The van der Waals surface area contributed by atoms with Crippen LogP contribution in [0.5, 0.6) is 0 Å². The van der Waals surface area contributed by atoms with Crippen LogP contribution in [0.25, 0.3) is 0 Å². The number of rotatable bonds is 9. The van der Waals surface area contributed by atoms with Crippen LogP contribution in [0.4, 0.5) is 10.6 Å². The van der Waals surface area contributed by atoms with Crippen molar-refractivity contribution in [2.24, 2.45) is 0 Å². The third-order valence-electron chi connectivity index (χ3n) is 4.21. The van der Waals surface area contributed by atoms with E-state index in [0.29, 0.717) is 26.2 Å². The van der Waals surface area contributed by atoms with E-state index in [0.717, 1.165) is 24.5 Å². The number of hydrogen-bond donors (Lipinski definition) is 3. The maximum absolute atomic E-state index is 11.8. The number of methoxy groups -OCH3 is 1. The molecule has 1 saturated heterocycles. The number of aromatic nitrogens is 1. The van der Waals surface area contributed by atoms with E-state index in [-0.39, 0.29) is 18.4 Å². The van der Waals surface area contributed by atoms with Crippen LogP contribution in [0.3, 0.4) is 0 Å². The van der Waals surface area contributed by atoms with E-state index in [1.165, 1.54) is 19.3 Å². The van der Waals surface area contributed by atoms with Gasteiger partial charge in [-0.3, -0.25) is 4.79 Å². The molecule has 1 aromatic rings. The van der Waals surface area contributed by atoms with Crippen molar-refractivity contribution in [3.8, 4) is 0 Å². The Morgan fingerprint density at radius 2 is 1.96 bits per heavy atom. The number of urea groups is 1. The molecule has 144 valence electrons. The van der Waals surface area contributed by atoms with E-state index in [9.17, 15) is 9.59 Å². The number of nitrogens with one attached hydrogen (secondary N) is 3. The molecule has 0 atom stereocenters. The molecule has 2 rings (SSSR count). The normalized spacial score (nSPS) is 14.0. The molecule has 0 aromatic carbocycles. The summed E-state index contributed by atoms with van der Waals surface area (Å²) in [7, 11) is 1.58. The van der Waals surface area contributed by atoms with E-state index < -0.39 is 0 Å². The second-order valence-corrected chi connectivity index (χ2v) is 6.27. The van der Waals surface area contributed by atoms with Gasteiger partial charge >= 0.3 is 6.03 Å². The Kier molecular flexibility index (Phi) is 8.68. The SMILES string of the molecule is COCCNC(=O)CCNC(=O)NCc1ccnc(N2CCCCC2)c1. The number of pyridine rings is 1. The Bertz CT molecular complexity index is 576. The van der Waals surface area contributed by atoms with Crippen LogP contribution in [0.15, 0.2) is 18.3 Å². The fourth-order valence-electron chi connectivity index (χ4n) is 2.78. The first kappa shape index (κ1) is 20.0. The maximum atomic E-state index is 11.8.